The van der Waals surface area contributed by atoms with Crippen LogP contribution in [0, 0.1) is 0 Å². The summed E-state index contributed by atoms with van der Waals surface area (Å²) in [4.78, 5) is 5.80. The van der Waals surface area contributed by atoms with Gasteiger partial charge in [0.05, 0.1) is 16.8 Å². The van der Waals surface area contributed by atoms with Gasteiger partial charge in [-0.3, -0.25) is 4.90 Å². The smallest absolute Gasteiger partial charge is 0.368 e. The lowest BCUT2D eigenvalue weighted by molar-refractivity contribution is -0.143. The first-order valence-electron chi connectivity index (χ1n) is 12.0. The molecular formula is C28H28F6N2S. The van der Waals surface area contributed by atoms with E-state index >= 15 is 0 Å². The first-order valence-corrected chi connectivity index (χ1v) is 13.2. The van der Waals surface area contributed by atoms with E-state index in [2.05, 4.69) is 21.9 Å². The van der Waals surface area contributed by atoms with Gasteiger partial charge in [-0.1, -0.05) is 42.5 Å². The number of hydrogen-bond donors (Lipinski definition) is 0. The van der Waals surface area contributed by atoms with Gasteiger partial charge >= 0.3 is 12.4 Å². The molecule has 3 aromatic rings. The summed E-state index contributed by atoms with van der Waals surface area (Å²) in [5.74, 6) is 0. The van der Waals surface area contributed by atoms with Gasteiger partial charge in [0.1, 0.15) is 0 Å². The van der Waals surface area contributed by atoms with Crippen molar-refractivity contribution in [3.05, 3.63) is 95.1 Å². The van der Waals surface area contributed by atoms with Crippen molar-refractivity contribution in [1.82, 2.24) is 4.90 Å². The number of para-hydroxylation sites is 1. The predicted octanol–water partition coefficient (Wildman–Crippen LogP) is 7.94. The third-order valence-electron chi connectivity index (χ3n) is 6.72. The van der Waals surface area contributed by atoms with Gasteiger partial charge in [-0.05, 0) is 60.6 Å². The molecule has 0 radical (unpaired) electrons. The van der Waals surface area contributed by atoms with Gasteiger partial charge in [-0.25, -0.2) is 0 Å². The molecular weight excluding hydrogens is 510 g/mol. The van der Waals surface area contributed by atoms with E-state index in [0.29, 0.717) is 6.42 Å². The molecule has 0 bridgehead atoms. The molecule has 4 rings (SSSR count). The molecule has 1 atom stereocenters. The molecule has 37 heavy (non-hydrogen) atoms. The maximum atomic E-state index is 13.3. The van der Waals surface area contributed by atoms with E-state index in [0.717, 1.165) is 43.9 Å². The monoisotopic (exact) mass is 538 g/mol. The van der Waals surface area contributed by atoms with Crippen molar-refractivity contribution >= 4 is 17.4 Å². The summed E-state index contributed by atoms with van der Waals surface area (Å²) in [7, 11) is 0. The minimum Gasteiger partial charge on any atom is -0.368 e. The SMILES string of the molecule is CSc1ccccc1N1CCN(C(CCc2cc(C(F)(F)F)cc(C(F)(F)F)c2)c2ccccc2)CC1. The van der Waals surface area contributed by atoms with Gasteiger partial charge < -0.3 is 4.90 Å². The predicted molar refractivity (Wildman–Crippen MR) is 136 cm³/mol. The Labute approximate surface area is 217 Å². The number of aryl methyl sites for hydroxylation is 1. The van der Waals surface area contributed by atoms with Crippen LogP contribution in [-0.2, 0) is 18.8 Å². The Morgan fingerprint density at radius 2 is 1.32 bits per heavy atom. The number of benzene rings is 3. The molecule has 0 saturated carbocycles. The van der Waals surface area contributed by atoms with Crippen LogP contribution in [0.4, 0.5) is 32.0 Å². The molecule has 1 fully saturated rings. The summed E-state index contributed by atoms with van der Waals surface area (Å²) in [6.45, 7) is 3.03. The van der Waals surface area contributed by atoms with Gasteiger partial charge in [0, 0.05) is 37.1 Å². The van der Waals surface area contributed by atoms with Crippen LogP contribution in [0.5, 0.6) is 0 Å². The minimum atomic E-state index is -4.85. The van der Waals surface area contributed by atoms with Crippen LogP contribution in [0.1, 0.15) is 34.7 Å². The molecule has 1 unspecified atom stereocenters. The Morgan fingerprint density at radius 3 is 1.89 bits per heavy atom. The summed E-state index contributed by atoms with van der Waals surface area (Å²) < 4.78 is 80.0. The van der Waals surface area contributed by atoms with Gasteiger partial charge in [-0.15, -0.1) is 11.8 Å². The first-order chi connectivity index (χ1) is 17.6. The zero-order valence-corrected chi connectivity index (χ0v) is 21.1. The summed E-state index contributed by atoms with van der Waals surface area (Å²) >= 11 is 1.69. The molecule has 0 aliphatic carbocycles. The second-order valence-electron chi connectivity index (χ2n) is 9.07. The van der Waals surface area contributed by atoms with Gasteiger partial charge in [0.25, 0.3) is 0 Å². The molecule has 0 spiro atoms. The highest BCUT2D eigenvalue weighted by Crippen LogP contribution is 2.37. The topological polar surface area (TPSA) is 6.48 Å². The first kappa shape index (κ1) is 27.4. The maximum absolute atomic E-state index is 13.3. The van der Waals surface area contributed by atoms with E-state index in [4.69, 9.17) is 0 Å². The van der Waals surface area contributed by atoms with Crippen molar-refractivity contribution in [3.8, 4) is 0 Å². The van der Waals surface area contributed by atoms with Crippen LogP contribution < -0.4 is 4.90 Å². The fourth-order valence-corrected chi connectivity index (χ4v) is 5.49. The van der Waals surface area contributed by atoms with Crippen LogP contribution in [0.15, 0.2) is 77.7 Å². The van der Waals surface area contributed by atoms with Crippen molar-refractivity contribution in [1.29, 1.82) is 0 Å². The van der Waals surface area contributed by atoms with Crippen molar-refractivity contribution in [2.24, 2.45) is 0 Å². The summed E-state index contributed by atoms with van der Waals surface area (Å²) in [5, 5.41) is 0. The van der Waals surface area contributed by atoms with Crippen molar-refractivity contribution < 1.29 is 26.3 Å². The van der Waals surface area contributed by atoms with E-state index in [9.17, 15) is 26.3 Å². The molecule has 1 heterocycles. The molecule has 198 valence electrons. The van der Waals surface area contributed by atoms with E-state index in [-0.39, 0.29) is 24.1 Å². The molecule has 1 aliphatic heterocycles. The van der Waals surface area contributed by atoms with Crippen molar-refractivity contribution in [2.45, 2.75) is 36.1 Å². The Morgan fingerprint density at radius 1 is 0.757 bits per heavy atom. The standard InChI is InChI=1S/C28H28F6N2S/c1-37-26-10-6-5-9-25(26)36-15-13-35(14-16-36)24(21-7-3-2-4-8-21)12-11-20-17-22(27(29,30)31)19-23(18-20)28(32,33)34/h2-10,17-19,24H,11-16H2,1H3. The average Bonchev–Trinajstić information content (AvgIpc) is 2.88. The lowest BCUT2D eigenvalue weighted by Crippen LogP contribution is -2.48. The number of rotatable bonds is 7. The number of halogens is 6. The lowest BCUT2D eigenvalue weighted by Gasteiger charge is -2.41. The number of nitrogens with zero attached hydrogens (tertiary/aromatic N) is 2. The van der Waals surface area contributed by atoms with Crippen LogP contribution >= 0.6 is 11.8 Å². The van der Waals surface area contributed by atoms with Crippen LogP contribution in [0.2, 0.25) is 0 Å². The van der Waals surface area contributed by atoms with Crippen molar-refractivity contribution in [2.75, 3.05) is 37.3 Å². The second kappa shape index (κ2) is 11.4. The van der Waals surface area contributed by atoms with E-state index in [1.54, 1.807) is 11.8 Å². The number of anilines is 1. The summed E-state index contributed by atoms with van der Waals surface area (Å²) in [6, 6.07) is 19.6. The normalized spacial score (nSPS) is 16.1. The Kier molecular flexibility index (Phi) is 8.43. The number of thioether (sulfide) groups is 1. The molecule has 3 aromatic carbocycles. The largest absolute Gasteiger partial charge is 0.416 e. The highest BCUT2D eigenvalue weighted by molar-refractivity contribution is 7.98. The van der Waals surface area contributed by atoms with Crippen LogP contribution in [0.25, 0.3) is 0 Å². The van der Waals surface area contributed by atoms with Crippen LogP contribution in [0.3, 0.4) is 0 Å². The Bertz CT molecular complexity index is 1140. The third kappa shape index (κ3) is 6.82. The van der Waals surface area contributed by atoms with E-state index in [1.807, 2.05) is 48.7 Å². The van der Waals surface area contributed by atoms with E-state index < -0.39 is 23.5 Å². The fourth-order valence-electron chi connectivity index (χ4n) is 4.87. The molecule has 0 amide bonds. The minimum absolute atomic E-state index is 0.0376. The summed E-state index contributed by atoms with van der Waals surface area (Å²) in [6.07, 6.45) is -7.15. The quantitative estimate of drug-likeness (QED) is 0.223. The van der Waals surface area contributed by atoms with Gasteiger partial charge in [0.15, 0.2) is 0 Å². The van der Waals surface area contributed by atoms with Crippen molar-refractivity contribution in [3.63, 3.8) is 0 Å². The van der Waals surface area contributed by atoms with E-state index in [1.165, 1.54) is 10.6 Å². The zero-order valence-electron chi connectivity index (χ0n) is 20.3. The fraction of sp³-hybridized carbons (Fsp3) is 0.357. The highest BCUT2D eigenvalue weighted by atomic mass is 32.2. The zero-order chi connectivity index (χ0) is 26.6. The Balaban J connectivity index is 1.54. The molecule has 9 heteroatoms. The molecule has 0 aromatic heterocycles. The number of alkyl halides is 6. The van der Waals surface area contributed by atoms with Gasteiger partial charge in [0.2, 0.25) is 0 Å². The van der Waals surface area contributed by atoms with Crippen LogP contribution in [-0.4, -0.2) is 37.3 Å². The highest BCUT2D eigenvalue weighted by Gasteiger charge is 2.37. The molecule has 1 saturated heterocycles. The molecule has 1 aliphatic rings. The second-order valence-corrected chi connectivity index (χ2v) is 9.92. The third-order valence-corrected chi connectivity index (χ3v) is 7.50. The lowest BCUT2D eigenvalue weighted by atomic mass is 9.95. The molecule has 2 nitrogen and oxygen atoms in total. The Hall–Kier alpha value is -2.65. The number of piperazine rings is 1. The average molecular weight is 539 g/mol. The number of hydrogen-bond acceptors (Lipinski definition) is 3. The maximum Gasteiger partial charge on any atom is 0.416 e. The summed E-state index contributed by atoms with van der Waals surface area (Å²) in [5.41, 5.74) is -0.321. The van der Waals surface area contributed by atoms with Gasteiger partial charge in [-0.2, -0.15) is 26.3 Å². The molecule has 0 N–H and O–H groups in total.